The topological polar surface area (TPSA) is 91.9 Å². The monoisotopic (exact) mass is 494 g/mol. The Bertz CT molecular complexity index is 727. The van der Waals surface area contributed by atoms with Crippen molar-refractivity contribution in [2.75, 3.05) is 46.9 Å². The molecular formula is C25H42N4O4S. The first-order valence-electron chi connectivity index (χ1n) is 12.8. The van der Waals surface area contributed by atoms with Crippen LogP contribution in [-0.2, 0) is 9.47 Å². The number of hydrogen-bond donors (Lipinski definition) is 3. The SMILES string of the molecule is CNCC(CC1CCCCC1)NC(=O)N1CCCC(C(OCCNC(=O)OC)c2cccs2)C1. The van der Waals surface area contributed by atoms with Crippen molar-refractivity contribution in [2.24, 2.45) is 11.8 Å². The fraction of sp³-hybridized carbons (Fsp3) is 0.760. The molecule has 192 valence electrons. The maximum Gasteiger partial charge on any atom is 0.406 e. The first-order chi connectivity index (χ1) is 16.6. The Morgan fingerprint density at radius 3 is 2.74 bits per heavy atom. The number of rotatable bonds is 11. The van der Waals surface area contributed by atoms with E-state index in [9.17, 15) is 9.59 Å². The molecule has 0 bridgehead atoms. The van der Waals surface area contributed by atoms with Gasteiger partial charge in [0, 0.05) is 43.0 Å². The smallest absolute Gasteiger partial charge is 0.406 e. The number of likely N-dealkylation sites (N-methyl/N-ethyl adjacent to an activating group) is 1. The zero-order valence-corrected chi connectivity index (χ0v) is 21.5. The van der Waals surface area contributed by atoms with Gasteiger partial charge in [0.1, 0.15) is 0 Å². The van der Waals surface area contributed by atoms with Gasteiger partial charge in [0.05, 0.1) is 19.8 Å². The molecule has 3 rings (SSSR count). The lowest BCUT2D eigenvalue weighted by molar-refractivity contribution is -0.00651. The standard InChI is InChI=1S/C25H42N4O4S/c1-26-17-21(16-19-8-4-3-5-9-19)28-24(30)29-13-6-10-20(18-29)23(22-11-7-15-34-22)33-14-12-27-25(31)32-2/h7,11,15,19-21,23,26H,3-6,8-10,12-14,16-18H2,1-2H3,(H,27,31)(H,28,30). The third kappa shape index (κ3) is 8.43. The molecule has 3 amide bonds. The molecule has 1 saturated heterocycles. The van der Waals surface area contributed by atoms with E-state index >= 15 is 0 Å². The summed E-state index contributed by atoms with van der Waals surface area (Å²) in [6.07, 6.45) is 9.03. The molecule has 1 aliphatic heterocycles. The molecule has 0 spiro atoms. The highest BCUT2D eigenvalue weighted by Gasteiger charge is 2.32. The van der Waals surface area contributed by atoms with Gasteiger partial charge in [0.15, 0.2) is 0 Å². The minimum absolute atomic E-state index is 0.0399. The molecule has 1 saturated carbocycles. The van der Waals surface area contributed by atoms with Gasteiger partial charge < -0.3 is 30.3 Å². The average molecular weight is 495 g/mol. The first-order valence-corrected chi connectivity index (χ1v) is 13.7. The molecule has 3 atom stereocenters. The minimum atomic E-state index is -0.457. The zero-order chi connectivity index (χ0) is 24.2. The van der Waals surface area contributed by atoms with E-state index in [1.807, 2.05) is 18.0 Å². The highest BCUT2D eigenvalue weighted by atomic mass is 32.1. The van der Waals surface area contributed by atoms with E-state index in [2.05, 4.69) is 32.1 Å². The lowest BCUT2D eigenvalue weighted by Crippen LogP contribution is -2.52. The number of amides is 3. The van der Waals surface area contributed by atoms with Crippen LogP contribution in [0.1, 0.15) is 62.3 Å². The molecule has 1 aromatic heterocycles. The molecule has 3 N–H and O–H groups in total. The van der Waals surface area contributed by atoms with Crippen molar-refractivity contribution in [3.63, 3.8) is 0 Å². The highest BCUT2D eigenvalue weighted by molar-refractivity contribution is 7.10. The van der Waals surface area contributed by atoms with E-state index in [1.165, 1.54) is 39.2 Å². The number of nitrogens with one attached hydrogen (secondary N) is 3. The lowest BCUT2D eigenvalue weighted by atomic mass is 9.85. The number of thiophene rings is 1. The predicted octanol–water partition coefficient (Wildman–Crippen LogP) is 4.14. The Kier molecular flexibility index (Phi) is 11.4. The summed E-state index contributed by atoms with van der Waals surface area (Å²) in [6, 6.07) is 4.33. The number of carbonyl (C=O) groups excluding carboxylic acids is 2. The zero-order valence-electron chi connectivity index (χ0n) is 20.7. The van der Waals surface area contributed by atoms with Crippen LogP contribution in [0.4, 0.5) is 9.59 Å². The van der Waals surface area contributed by atoms with Crippen molar-refractivity contribution >= 4 is 23.5 Å². The summed E-state index contributed by atoms with van der Waals surface area (Å²) in [4.78, 5) is 27.7. The summed E-state index contributed by atoms with van der Waals surface area (Å²) in [5, 5.41) is 11.3. The van der Waals surface area contributed by atoms with Crippen LogP contribution in [0.5, 0.6) is 0 Å². The molecule has 2 aliphatic rings. The number of piperidine rings is 1. The molecule has 34 heavy (non-hydrogen) atoms. The fourth-order valence-electron chi connectivity index (χ4n) is 5.29. The molecule has 1 aromatic rings. The van der Waals surface area contributed by atoms with Gasteiger partial charge in [-0.1, -0.05) is 38.2 Å². The Morgan fingerprint density at radius 1 is 1.21 bits per heavy atom. The quantitative estimate of drug-likeness (QED) is 0.402. The number of likely N-dealkylation sites (tertiary alicyclic amines) is 1. The number of alkyl carbamates (subject to hydrolysis) is 1. The average Bonchev–Trinajstić information content (AvgIpc) is 3.39. The van der Waals surface area contributed by atoms with Crippen LogP contribution in [0.15, 0.2) is 17.5 Å². The van der Waals surface area contributed by atoms with Crippen LogP contribution in [0.2, 0.25) is 0 Å². The van der Waals surface area contributed by atoms with Gasteiger partial charge in [-0.05, 0) is 43.7 Å². The van der Waals surface area contributed by atoms with Crippen molar-refractivity contribution < 1.29 is 19.1 Å². The number of carbonyl (C=O) groups is 2. The third-order valence-electron chi connectivity index (χ3n) is 6.97. The second-order valence-corrected chi connectivity index (χ2v) is 10.5. The van der Waals surface area contributed by atoms with Crippen LogP contribution < -0.4 is 16.0 Å². The van der Waals surface area contributed by atoms with Gasteiger partial charge in [0.25, 0.3) is 0 Å². The van der Waals surface area contributed by atoms with Crippen LogP contribution in [0.25, 0.3) is 0 Å². The number of ether oxygens (including phenoxy) is 2. The molecule has 2 heterocycles. The Labute approximate surface area is 208 Å². The summed E-state index contributed by atoms with van der Waals surface area (Å²) in [5.41, 5.74) is 0. The number of urea groups is 1. The van der Waals surface area contributed by atoms with E-state index in [1.54, 1.807) is 11.3 Å². The minimum Gasteiger partial charge on any atom is -0.453 e. The van der Waals surface area contributed by atoms with Crippen molar-refractivity contribution in [1.82, 2.24) is 20.9 Å². The van der Waals surface area contributed by atoms with Gasteiger partial charge in [0.2, 0.25) is 0 Å². The molecule has 0 aromatic carbocycles. The summed E-state index contributed by atoms with van der Waals surface area (Å²) in [7, 11) is 3.30. The maximum atomic E-state index is 13.2. The van der Waals surface area contributed by atoms with Crippen molar-refractivity contribution in [3.05, 3.63) is 22.4 Å². The van der Waals surface area contributed by atoms with Gasteiger partial charge in [-0.15, -0.1) is 11.3 Å². The molecule has 9 heteroatoms. The van der Waals surface area contributed by atoms with Crippen LogP contribution in [0.3, 0.4) is 0 Å². The second-order valence-electron chi connectivity index (χ2n) is 9.52. The van der Waals surface area contributed by atoms with Crippen LogP contribution in [-0.4, -0.2) is 70.0 Å². The van der Waals surface area contributed by atoms with Gasteiger partial charge in [-0.3, -0.25) is 0 Å². The van der Waals surface area contributed by atoms with Gasteiger partial charge in [-0.2, -0.15) is 0 Å². The van der Waals surface area contributed by atoms with Gasteiger partial charge in [-0.25, -0.2) is 9.59 Å². The van der Waals surface area contributed by atoms with Crippen molar-refractivity contribution in [2.45, 2.75) is 63.5 Å². The molecule has 8 nitrogen and oxygen atoms in total. The second kappa shape index (κ2) is 14.5. The third-order valence-corrected chi connectivity index (χ3v) is 7.91. The molecule has 2 fully saturated rings. The summed E-state index contributed by atoms with van der Waals surface area (Å²) in [6.45, 7) is 3.03. The van der Waals surface area contributed by atoms with Crippen molar-refractivity contribution in [1.29, 1.82) is 0 Å². The molecule has 3 unspecified atom stereocenters. The lowest BCUT2D eigenvalue weighted by Gasteiger charge is -2.37. The summed E-state index contributed by atoms with van der Waals surface area (Å²) >= 11 is 1.68. The predicted molar refractivity (Wildman–Crippen MR) is 135 cm³/mol. The largest absolute Gasteiger partial charge is 0.453 e. The van der Waals surface area contributed by atoms with E-state index in [0.717, 1.165) is 43.1 Å². The molecular weight excluding hydrogens is 452 g/mol. The van der Waals surface area contributed by atoms with E-state index in [-0.39, 0.29) is 24.1 Å². The van der Waals surface area contributed by atoms with E-state index in [4.69, 9.17) is 4.74 Å². The Balaban J connectivity index is 1.55. The molecule has 0 radical (unpaired) electrons. The number of methoxy groups -OCH3 is 1. The normalized spacial score (nSPS) is 21.0. The van der Waals surface area contributed by atoms with Gasteiger partial charge >= 0.3 is 12.1 Å². The van der Waals surface area contributed by atoms with Crippen LogP contribution >= 0.6 is 11.3 Å². The fourth-order valence-corrected chi connectivity index (χ4v) is 6.15. The number of hydrogen-bond acceptors (Lipinski definition) is 6. The van der Waals surface area contributed by atoms with E-state index in [0.29, 0.717) is 19.7 Å². The summed E-state index contributed by atoms with van der Waals surface area (Å²) < 4.78 is 10.9. The number of nitrogens with zero attached hydrogens (tertiary/aromatic N) is 1. The van der Waals surface area contributed by atoms with Crippen LogP contribution in [0, 0.1) is 11.8 Å². The summed E-state index contributed by atoms with van der Waals surface area (Å²) in [5.74, 6) is 0.939. The maximum absolute atomic E-state index is 13.2. The molecule has 1 aliphatic carbocycles. The highest BCUT2D eigenvalue weighted by Crippen LogP contribution is 2.35. The Hall–Kier alpha value is -1.84. The first kappa shape index (κ1) is 26.8. The Morgan fingerprint density at radius 2 is 2.03 bits per heavy atom. The van der Waals surface area contributed by atoms with Crippen molar-refractivity contribution in [3.8, 4) is 0 Å². The van der Waals surface area contributed by atoms with E-state index < -0.39 is 6.09 Å².